The Morgan fingerprint density at radius 3 is 2.58 bits per heavy atom. The van der Waals surface area contributed by atoms with Gasteiger partial charge in [-0.05, 0) is 49.3 Å². The fourth-order valence-electron chi connectivity index (χ4n) is 3.59. The van der Waals surface area contributed by atoms with E-state index in [1.807, 2.05) is 6.07 Å². The quantitative estimate of drug-likeness (QED) is 0.837. The lowest BCUT2D eigenvalue weighted by Gasteiger charge is -2.25. The number of rotatable bonds is 4. The van der Waals surface area contributed by atoms with Crippen molar-refractivity contribution in [1.82, 2.24) is 9.29 Å². The molecule has 0 radical (unpaired) electrons. The van der Waals surface area contributed by atoms with Gasteiger partial charge in [-0.25, -0.2) is 13.4 Å². The first kappa shape index (κ1) is 16.1. The van der Waals surface area contributed by atoms with Crippen molar-refractivity contribution in [1.29, 1.82) is 0 Å². The molecule has 2 aliphatic heterocycles. The SMILES string of the molecule is O=S(=O)(c1ccc(N2CCC[C@H]2c2cccs2)nc1)N1CCCC1. The van der Waals surface area contributed by atoms with Crippen molar-refractivity contribution in [2.75, 3.05) is 24.5 Å². The van der Waals surface area contributed by atoms with E-state index in [0.717, 1.165) is 38.0 Å². The van der Waals surface area contributed by atoms with Gasteiger partial charge in [-0.15, -0.1) is 11.3 Å². The number of hydrogen-bond donors (Lipinski definition) is 0. The monoisotopic (exact) mass is 363 g/mol. The van der Waals surface area contributed by atoms with Crippen molar-refractivity contribution >= 4 is 27.2 Å². The van der Waals surface area contributed by atoms with E-state index in [1.54, 1.807) is 21.7 Å². The fraction of sp³-hybridized carbons (Fsp3) is 0.471. The van der Waals surface area contributed by atoms with Crippen LogP contribution in [0.15, 0.2) is 40.7 Å². The van der Waals surface area contributed by atoms with Crippen LogP contribution in [-0.2, 0) is 10.0 Å². The summed E-state index contributed by atoms with van der Waals surface area (Å²) in [6.45, 7) is 2.21. The number of sulfonamides is 1. The minimum absolute atomic E-state index is 0.306. The van der Waals surface area contributed by atoms with Crippen LogP contribution < -0.4 is 4.90 Å². The van der Waals surface area contributed by atoms with Crippen LogP contribution in [-0.4, -0.2) is 37.3 Å². The van der Waals surface area contributed by atoms with E-state index in [0.29, 0.717) is 24.0 Å². The summed E-state index contributed by atoms with van der Waals surface area (Å²) < 4.78 is 26.7. The summed E-state index contributed by atoms with van der Waals surface area (Å²) in [6.07, 6.45) is 5.67. The van der Waals surface area contributed by atoms with Gasteiger partial charge in [-0.2, -0.15) is 4.31 Å². The van der Waals surface area contributed by atoms with Gasteiger partial charge in [0.1, 0.15) is 10.7 Å². The zero-order chi connectivity index (χ0) is 16.6. The maximum absolute atomic E-state index is 12.6. The Morgan fingerprint density at radius 2 is 1.92 bits per heavy atom. The second kappa shape index (κ2) is 6.46. The number of aromatic nitrogens is 1. The molecular formula is C17H21N3O2S2. The van der Waals surface area contributed by atoms with Crippen LogP contribution in [0.2, 0.25) is 0 Å². The largest absolute Gasteiger partial charge is 0.349 e. The smallest absolute Gasteiger partial charge is 0.244 e. The average molecular weight is 364 g/mol. The third-order valence-electron chi connectivity index (χ3n) is 4.84. The molecule has 2 aliphatic rings. The van der Waals surface area contributed by atoms with Gasteiger partial charge in [0.25, 0.3) is 0 Å². The Balaban J connectivity index is 1.57. The molecule has 0 amide bonds. The number of anilines is 1. The highest BCUT2D eigenvalue weighted by atomic mass is 32.2. The van der Waals surface area contributed by atoms with Crippen LogP contribution >= 0.6 is 11.3 Å². The zero-order valence-corrected chi connectivity index (χ0v) is 15.1. The highest BCUT2D eigenvalue weighted by Gasteiger charge is 2.30. The molecule has 0 spiro atoms. The van der Waals surface area contributed by atoms with Crippen molar-refractivity contribution < 1.29 is 8.42 Å². The summed E-state index contributed by atoms with van der Waals surface area (Å²) >= 11 is 1.77. The lowest BCUT2D eigenvalue weighted by atomic mass is 10.2. The second-order valence-electron chi connectivity index (χ2n) is 6.33. The van der Waals surface area contributed by atoms with Crippen molar-refractivity contribution in [3.63, 3.8) is 0 Å². The highest BCUT2D eigenvalue weighted by Crippen LogP contribution is 2.37. The van der Waals surface area contributed by atoms with E-state index in [4.69, 9.17) is 0 Å². The molecule has 0 N–H and O–H groups in total. The zero-order valence-electron chi connectivity index (χ0n) is 13.5. The van der Waals surface area contributed by atoms with Gasteiger partial charge >= 0.3 is 0 Å². The van der Waals surface area contributed by atoms with Crippen molar-refractivity contribution in [3.8, 4) is 0 Å². The molecule has 0 unspecified atom stereocenters. The molecule has 2 fully saturated rings. The van der Waals surface area contributed by atoms with E-state index in [9.17, 15) is 8.42 Å². The summed E-state index contributed by atoms with van der Waals surface area (Å²) in [4.78, 5) is 8.43. The van der Waals surface area contributed by atoms with Crippen LogP contribution in [0.5, 0.6) is 0 Å². The molecule has 24 heavy (non-hydrogen) atoms. The minimum atomic E-state index is -3.38. The van der Waals surface area contributed by atoms with Crippen LogP contribution in [0.1, 0.15) is 36.6 Å². The van der Waals surface area contributed by atoms with Gasteiger partial charge in [0, 0.05) is 30.7 Å². The van der Waals surface area contributed by atoms with Gasteiger partial charge in [-0.1, -0.05) is 6.07 Å². The first-order chi connectivity index (χ1) is 11.7. The Bertz CT molecular complexity index is 782. The molecule has 2 saturated heterocycles. The Hall–Kier alpha value is -1.44. The van der Waals surface area contributed by atoms with Crippen LogP contribution in [0.4, 0.5) is 5.82 Å². The standard InChI is InChI=1S/C17H21N3O2S2/c21-24(22,19-9-1-2-10-19)14-7-8-17(18-13-14)20-11-3-5-15(20)16-6-4-12-23-16/h4,6-8,12-13,15H,1-3,5,9-11H2/t15-/m0/s1. The molecule has 2 aromatic rings. The van der Waals surface area contributed by atoms with E-state index in [-0.39, 0.29) is 0 Å². The Morgan fingerprint density at radius 1 is 1.08 bits per heavy atom. The topological polar surface area (TPSA) is 53.5 Å². The molecule has 7 heteroatoms. The number of pyridine rings is 1. The first-order valence-corrected chi connectivity index (χ1v) is 10.7. The summed E-state index contributed by atoms with van der Waals surface area (Å²) in [5.41, 5.74) is 0. The van der Waals surface area contributed by atoms with Gasteiger partial charge in [0.15, 0.2) is 0 Å². The van der Waals surface area contributed by atoms with Gasteiger partial charge in [-0.3, -0.25) is 0 Å². The van der Waals surface area contributed by atoms with Crippen LogP contribution in [0, 0.1) is 0 Å². The van der Waals surface area contributed by atoms with Gasteiger partial charge in [0.05, 0.1) is 6.04 Å². The molecule has 5 nitrogen and oxygen atoms in total. The minimum Gasteiger partial charge on any atom is -0.349 e. The molecule has 4 rings (SSSR count). The predicted molar refractivity (Wildman–Crippen MR) is 95.9 cm³/mol. The molecule has 0 bridgehead atoms. The van der Waals surface area contributed by atoms with E-state index >= 15 is 0 Å². The van der Waals surface area contributed by atoms with Crippen molar-refractivity contribution in [3.05, 3.63) is 40.7 Å². The van der Waals surface area contributed by atoms with Crippen molar-refractivity contribution in [2.45, 2.75) is 36.6 Å². The van der Waals surface area contributed by atoms with Gasteiger partial charge in [0.2, 0.25) is 10.0 Å². The highest BCUT2D eigenvalue weighted by molar-refractivity contribution is 7.89. The van der Waals surface area contributed by atoms with Crippen LogP contribution in [0.3, 0.4) is 0 Å². The molecule has 0 aromatic carbocycles. The molecule has 2 aromatic heterocycles. The van der Waals surface area contributed by atoms with E-state index < -0.39 is 10.0 Å². The van der Waals surface area contributed by atoms with E-state index in [1.165, 1.54) is 11.1 Å². The predicted octanol–water partition coefficient (Wildman–Crippen LogP) is 3.27. The molecule has 128 valence electrons. The number of thiophene rings is 1. The fourth-order valence-corrected chi connectivity index (χ4v) is 5.93. The van der Waals surface area contributed by atoms with E-state index in [2.05, 4.69) is 27.4 Å². The number of nitrogens with zero attached hydrogens (tertiary/aromatic N) is 3. The lowest BCUT2D eigenvalue weighted by molar-refractivity contribution is 0.477. The molecule has 0 aliphatic carbocycles. The molecule has 0 saturated carbocycles. The summed E-state index contributed by atoms with van der Waals surface area (Å²) in [5.74, 6) is 0.867. The first-order valence-electron chi connectivity index (χ1n) is 8.42. The lowest BCUT2D eigenvalue weighted by Crippen LogP contribution is -2.28. The summed E-state index contributed by atoms with van der Waals surface area (Å²) in [6, 6.07) is 8.17. The second-order valence-corrected chi connectivity index (χ2v) is 9.25. The maximum Gasteiger partial charge on any atom is 0.244 e. The Labute approximate surface area is 147 Å². The maximum atomic E-state index is 12.6. The third-order valence-corrected chi connectivity index (χ3v) is 7.70. The molecule has 4 heterocycles. The molecule has 1 atom stereocenters. The van der Waals surface area contributed by atoms with Gasteiger partial charge < -0.3 is 4.90 Å². The number of hydrogen-bond acceptors (Lipinski definition) is 5. The summed E-state index contributed by atoms with van der Waals surface area (Å²) in [5, 5.41) is 2.10. The van der Waals surface area contributed by atoms with Crippen LogP contribution in [0.25, 0.3) is 0 Å². The normalized spacial score (nSPS) is 22.3. The molecular weight excluding hydrogens is 342 g/mol. The van der Waals surface area contributed by atoms with Crippen molar-refractivity contribution in [2.24, 2.45) is 0 Å². The Kier molecular flexibility index (Phi) is 4.32. The summed E-state index contributed by atoms with van der Waals surface area (Å²) in [7, 11) is -3.38. The average Bonchev–Trinajstić information content (AvgIpc) is 3.36. The third kappa shape index (κ3) is 2.85.